The summed E-state index contributed by atoms with van der Waals surface area (Å²) in [6, 6.07) is 8.69. The van der Waals surface area contributed by atoms with Gasteiger partial charge in [-0.05, 0) is 19.3 Å². The number of fused-ring (bicyclic) bond motifs is 1. The molecule has 3 fully saturated rings. The Kier molecular flexibility index (Phi) is 14.8. The summed E-state index contributed by atoms with van der Waals surface area (Å²) >= 11 is 0. The maximum atomic E-state index is 12.3. The third kappa shape index (κ3) is 9.91. The van der Waals surface area contributed by atoms with Gasteiger partial charge in [-0.2, -0.15) is 0 Å². The van der Waals surface area contributed by atoms with Gasteiger partial charge in [-0.15, -0.1) is 0 Å². The lowest BCUT2D eigenvalue weighted by molar-refractivity contribution is -0.371. The molecule has 0 saturated carbocycles. The van der Waals surface area contributed by atoms with Gasteiger partial charge in [0.1, 0.15) is 36.6 Å². The number of amides is 1. The highest BCUT2D eigenvalue weighted by atomic mass is 16.8. The third-order valence-electron chi connectivity index (χ3n) is 8.17. The molecule has 1 aromatic rings. The molecule has 1 aromatic carbocycles. The number of hydrogen-bond donors (Lipinski definition) is 2. The van der Waals surface area contributed by atoms with Gasteiger partial charge in [-0.25, -0.2) is 0 Å². The second-order valence-electron chi connectivity index (χ2n) is 11.8. The molecule has 0 aromatic heterocycles. The second kappa shape index (κ2) is 18.5. The molecular weight excluding hydrogens is 570 g/mol. The van der Waals surface area contributed by atoms with Crippen LogP contribution in [0.5, 0.6) is 0 Å². The van der Waals surface area contributed by atoms with Crippen molar-refractivity contribution in [1.29, 1.82) is 0 Å². The van der Waals surface area contributed by atoms with Crippen LogP contribution in [0.4, 0.5) is 0 Å². The normalized spacial score (nSPS) is 33.9. The van der Waals surface area contributed by atoms with Crippen LogP contribution in [-0.4, -0.2) is 99.3 Å². The lowest BCUT2D eigenvalue weighted by Gasteiger charge is -2.50. The van der Waals surface area contributed by atoms with Crippen LogP contribution >= 0.6 is 0 Å². The summed E-state index contributed by atoms with van der Waals surface area (Å²) in [5.74, 6) is -0.330. The largest absolute Gasteiger partial charge is 0.379 e. The predicted octanol–water partition coefficient (Wildman–Crippen LogP) is 4.01. The smallest absolute Gasteiger partial charge is 0.217 e. The van der Waals surface area contributed by atoms with Crippen LogP contribution in [0.25, 0.3) is 0 Å². The number of carbonyl (C=O) groups is 1. The Hall–Kier alpha value is -1.67. The van der Waals surface area contributed by atoms with E-state index in [1.54, 1.807) is 0 Å². The summed E-state index contributed by atoms with van der Waals surface area (Å²) in [6.07, 6.45) is 0.390. The first-order valence-electron chi connectivity index (χ1n) is 16.5. The fourth-order valence-electron chi connectivity index (χ4n) is 5.70. The Morgan fingerprint density at radius 2 is 1.61 bits per heavy atom. The average molecular weight is 624 g/mol. The first kappa shape index (κ1) is 35.2. The van der Waals surface area contributed by atoms with Crippen LogP contribution in [0.1, 0.15) is 84.5 Å². The van der Waals surface area contributed by atoms with Crippen LogP contribution in [0.2, 0.25) is 0 Å². The summed E-state index contributed by atoms with van der Waals surface area (Å²) in [5, 5.41) is 13.8. The maximum absolute atomic E-state index is 12.3. The van der Waals surface area contributed by atoms with Gasteiger partial charge in [0, 0.05) is 38.7 Å². The Bertz CT molecular complexity index is 954. The minimum Gasteiger partial charge on any atom is -0.379 e. The van der Waals surface area contributed by atoms with E-state index in [4.69, 9.17) is 37.9 Å². The number of aliphatic hydroxyl groups is 1. The van der Waals surface area contributed by atoms with Crippen molar-refractivity contribution in [1.82, 2.24) is 5.32 Å². The van der Waals surface area contributed by atoms with Gasteiger partial charge in [0.05, 0.1) is 19.3 Å². The number of hydrogen-bond acceptors (Lipinski definition) is 10. The summed E-state index contributed by atoms with van der Waals surface area (Å²) in [6.45, 7) is 10.1. The van der Waals surface area contributed by atoms with E-state index in [1.807, 2.05) is 30.3 Å². The van der Waals surface area contributed by atoms with Crippen LogP contribution in [0.15, 0.2) is 30.3 Å². The van der Waals surface area contributed by atoms with Crippen molar-refractivity contribution in [3.63, 3.8) is 0 Å². The zero-order chi connectivity index (χ0) is 31.3. The summed E-state index contributed by atoms with van der Waals surface area (Å²) in [4.78, 5) is 12.3. The Labute approximate surface area is 262 Å². The molecule has 1 amide bonds. The van der Waals surface area contributed by atoms with Gasteiger partial charge >= 0.3 is 0 Å². The molecule has 250 valence electrons. The van der Waals surface area contributed by atoms with E-state index in [1.165, 1.54) is 6.92 Å². The lowest BCUT2D eigenvalue weighted by Crippen LogP contribution is -2.68. The monoisotopic (exact) mass is 623 g/mol. The first-order valence-corrected chi connectivity index (χ1v) is 16.5. The van der Waals surface area contributed by atoms with Crippen LogP contribution in [0, 0.1) is 0 Å². The predicted molar refractivity (Wildman–Crippen MR) is 162 cm³/mol. The minimum atomic E-state index is -1.34. The number of aliphatic hydroxyl groups excluding tert-OH is 1. The van der Waals surface area contributed by atoms with Crippen molar-refractivity contribution >= 4 is 5.91 Å². The van der Waals surface area contributed by atoms with Crippen LogP contribution in [0.3, 0.4) is 0 Å². The molecule has 11 heteroatoms. The minimum absolute atomic E-state index is 0.178. The molecular formula is C33H53NO10. The van der Waals surface area contributed by atoms with Gasteiger partial charge in [-0.1, -0.05) is 70.4 Å². The molecule has 4 rings (SSSR count). The third-order valence-corrected chi connectivity index (χ3v) is 8.17. The fourth-order valence-corrected chi connectivity index (χ4v) is 5.70. The molecule has 3 aliphatic heterocycles. The molecule has 0 radical (unpaired) electrons. The van der Waals surface area contributed by atoms with E-state index in [2.05, 4.69) is 26.1 Å². The van der Waals surface area contributed by atoms with Gasteiger partial charge in [-0.3, -0.25) is 4.79 Å². The molecule has 0 bridgehead atoms. The zero-order valence-electron chi connectivity index (χ0n) is 26.8. The van der Waals surface area contributed by atoms with E-state index >= 15 is 0 Å². The summed E-state index contributed by atoms with van der Waals surface area (Å²) < 4.78 is 50.3. The Morgan fingerprint density at radius 1 is 0.932 bits per heavy atom. The number of ether oxygens (including phenoxy) is 8. The standard InChI is InChI=1S/C33H53NO10/c1-5-8-16-37-20-26-24(38-17-9-6-2)19-25(39-18-10-7-3)33(42-26)44-30-28(34-22(4)35)31(36)41-27-21-40-32(43-29(27)30)23-14-12-11-13-15-23/h11-15,24-33,36H,5-10,16-21H2,1-4H3,(H,34,35)/t24-,25?,26?,27?,28?,29+,30?,31+,32?,33+/m1/s1. The topological polar surface area (TPSA) is 123 Å². The number of rotatable bonds is 17. The van der Waals surface area contributed by atoms with E-state index in [-0.39, 0.29) is 24.7 Å². The quantitative estimate of drug-likeness (QED) is 0.246. The van der Waals surface area contributed by atoms with E-state index in [0.29, 0.717) is 32.8 Å². The van der Waals surface area contributed by atoms with Gasteiger partial charge in [0.2, 0.25) is 5.91 Å². The second-order valence-corrected chi connectivity index (χ2v) is 11.8. The molecule has 6 unspecified atom stereocenters. The lowest BCUT2D eigenvalue weighted by atomic mass is 9.94. The zero-order valence-corrected chi connectivity index (χ0v) is 26.8. The van der Waals surface area contributed by atoms with Crippen molar-refractivity contribution in [2.24, 2.45) is 0 Å². The maximum Gasteiger partial charge on any atom is 0.217 e. The van der Waals surface area contributed by atoms with Crippen molar-refractivity contribution in [3.8, 4) is 0 Å². The van der Waals surface area contributed by atoms with Gasteiger partial charge < -0.3 is 48.3 Å². The van der Waals surface area contributed by atoms with E-state index in [9.17, 15) is 9.90 Å². The number of unbranched alkanes of at least 4 members (excludes halogenated alkanes) is 3. The highest BCUT2D eigenvalue weighted by Crippen LogP contribution is 2.37. The average Bonchev–Trinajstić information content (AvgIpc) is 3.02. The SMILES string of the molecule is CCCCOCC1O[C@@H](OC2C(NC(C)=O)[C@@H](O)OC3COC(c4ccccc4)O[C@@H]32)C(OCCCC)C[C@H]1OCCCC. The molecule has 44 heavy (non-hydrogen) atoms. The summed E-state index contributed by atoms with van der Waals surface area (Å²) in [7, 11) is 0. The molecule has 11 nitrogen and oxygen atoms in total. The fraction of sp³-hybridized carbons (Fsp3) is 0.788. The number of carbonyl (C=O) groups excluding carboxylic acids is 1. The number of benzene rings is 1. The molecule has 2 N–H and O–H groups in total. The van der Waals surface area contributed by atoms with E-state index in [0.717, 1.165) is 44.1 Å². The van der Waals surface area contributed by atoms with Crippen LogP contribution < -0.4 is 5.32 Å². The van der Waals surface area contributed by atoms with Gasteiger partial charge in [0.15, 0.2) is 18.9 Å². The van der Waals surface area contributed by atoms with Crippen molar-refractivity contribution in [3.05, 3.63) is 35.9 Å². The first-order chi connectivity index (χ1) is 21.4. The summed E-state index contributed by atoms with van der Waals surface area (Å²) in [5.41, 5.74) is 0.845. The van der Waals surface area contributed by atoms with Crippen molar-refractivity contribution in [2.45, 2.75) is 134 Å². The highest BCUT2D eigenvalue weighted by molar-refractivity contribution is 5.73. The number of nitrogens with one attached hydrogen (secondary N) is 1. The van der Waals surface area contributed by atoms with E-state index < -0.39 is 49.3 Å². The molecule has 10 atom stereocenters. The molecule has 3 saturated heterocycles. The van der Waals surface area contributed by atoms with Crippen molar-refractivity contribution < 1.29 is 47.8 Å². The molecule has 0 spiro atoms. The van der Waals surface area contributed by atoms with Crippen LogP contribution in [-0.2, 0) is 42.7 Å². The molecule has 3 aliphatic rings. The molecule has 0 aliphatic carbocycles. The Balaban J connectivity index is 1.58. The highest BCUT2D eigenvalue weighted by Gasteiger charge is 2.53. The Morgan fingerprint density at radius 3 is 2.30 bits per heavy atom. The van der Waals surface area contributed by atoms with Crippen molar-refractivity contribution in [2.75, 3.05) is 33.0 Å². The molecule has 3 heterocycles. The van der Waals surface area contributed by atoms with Gasteiger partial charge in [0.25, 0.3) is 0 Å².